The van der Waals surface area contributed by atoms with Gasteiger partial charge in [0.2, 0.25) is 0 Å². The molecule has 1 N–H and O–H groups in total. The van der Waals surface area contributed by atoms with E-state index in [-0.39, 0.29) is 6.42 Å². The SMILES string of the molecule is CSc1nc2c(c(CC(=O)O)n1)COC2. The smallest absolute Gasteiger partial charge is 0.309 e. The number of nitrogens with zero attached hydrogens (tertiary/aromatic N) is 2. The summed E-state index contributed by atoms with van der Waals surface area (Å²) in [5.41, 5.74) is 2.25. The minimum Gasteiger partial charge on any atom is -0.481 e. The van der Waals surface area contributed by atoms with E-state index in [1.54, 1.807) is 0 Å². The van der Waals surface area contributed by atoms with E-state index >= 15 is 0 Å². The van der Waals surface area contributed by atoms with Crippen LogP contribution in [0.1, 0.15) is 17.0 Å². The van der Waals surface area contributed by atoms with E-state index in [1.165, 1.54) is 11.8 Å². The molecule has 0 aliphatic carbocycles. The molecule has 1 aromatic rings. The molecule has 0 spiro atoms. The summed E-state index contributed by atoms with van der Waals surface area (Å²) < 4.78 is 5.23. The van der Waals surface area contributed by atoms with Crippen molar-refractivity contribution in [2.75, 3.05) is 6.26 Å². The van der Waals surface area contributed by atoms with Crippen molar-refractivity contribution < 1.29 is 14.6 Å². The van der Waals surface area contributed by atoms with Crippen LogP contribution < -0.4 is 0 Å². The highest BCUT2D eigenvalue weighted by Gasteiger charge is 2.20. The van der Waals surface area contributed by atoms with Crippen LogP contribution in [-0.2, 0) is 29.2 Å². The zero-order valence-corrected chi connectivity index (χ0v) is 9.00. The summed E-state index contributed by atoms with van der Waals surface area (Å²) in [7, 11) is 0. The van der Waals surface area contributed by atoms with Gasteiger partial charge < -0.3 is 9.84 Å². The van der Waals surface area contributed by atoms with Gasteiger partial charge in [-0.1, -0.05) is 11.8 Å². The second-order valence-electron chi connectivity index (χ2n) is 3.15. The fourth-order valence-electron chi connectivity index (χ4n) is 1.47. The lowest BCUT2D eigenvalue weighted by Crippen LogP contribution is -2.08. The molecular weight excluding hydrogens is 216 g/mol. The Labute approximate surface area is 90.9 Å². The van der Waals surface area contributed by atoms with E-state index in [4.69, 9.17) is 9.84 Å². The van der Waals surface area contributed by atoms with Gasteiger partial charge >= 0.3 is 5.97 Å². The number of ether oxygens (including phenoxy) is 1. The molecule has 0 atom stereocenters. The monoisotopic (exact) mass is 226 g/mol. The van der Waals surface area contributed by atoms with Crippen LogP contribution in [0.5, 0.6) is 0 Å². The largest absolute Gasteiger partial charge is 0.481 e. The number of aromatic nitrogens is 2. The van der Waals surface area contributed by atoms with Gasteiger partial charge in [0.25, 0.3) is 0 Å². The molecule has 0 saturated carbocycles. The van der Waals surface area contributed by atoms with Crippen molar-refractivity contribution in [2.24, 2.45) is 0 Å². The quantitative estimate of drug-likeness (QED) is 0.608. The maximum Gasteiger partial charge on any atom is 0.309 e. The Hall–Kier alpha value is -1.14. The van der Waals surface area contributed by atoms with Crippen molar-refractivity contribution in [1.82, 2.24) is 9.97 Å². The maximum absolute atomic E-state index is 10.7. The second-order valence-corrected chi connectivity index (χ2v) is 3.92. The minimum atomic E-state index is -0.880. The van der Waals surface area contributed by atoms with Gasteiger partial charge in [0, 0.05) is 5.56 Å². The number of hydrogen-bond acceptors (Lipinski definition) is 5. The average molecular weight is 226 g/mol. The van der Waals surface area contributed by atoms with Gasteiger partial charge in [-0.15, -0.1) is 0 Å². The molecule has 0 aromatic carbocycles. The summed E-state index contributed by atoms with van der Waals surface area (Å²) >= 11 is 1.41. The number of carbonyl (C=O) groups is 1. The molecule has 2 heterocycles. The third kappa shape index (κ3) is 2.10. The lowest BCUT2D eigenvalue weighted by Gasteiger charge is -2.05. The van der Waals surface area contributed by atoms with Crippen molar-refractivity contribution in [2.45, 2.75) is 24.8 Å². The minimum absolute atomic E-state index is 0.0677. The molecule has 0 saturated heterocycles. The van der Waals surface area contributed by atoms with Crippen LogP contribution in [-0.4, -0.2) is 27.3 Å². The van der Waals surface area contributed by atoms with E-state index in [2.05, 4.69) is 9.97 Å². The Bertz CT molecular complexity index is 409. The standard InChI is InChI=1S/C9H10N2O3S/c1-15-9-10-6(2-8(12)13)5-3-14-4-7(5)11-9/h2-4H2,1H3,(H,12,13). The molecule has 0 unspecified atom stereocenters. The van der Waals surface area contributed by atoms with Crippen LogP contribution in [0.25, 0.3) is 0 Å². The normalized spacial score (nSPS) is 13.9. The van der Waals surface area contributed by atoms with Crippen molar-refractivity contribution >= 4 is 17.7 Å². The Morgan fingerprint density at radius 2 is 2.33 bits per heavy atom. The van der Waals surface area contributed by atoms with Crippen LogP contribution in [0.4, 0.5) is 0 Å². The highest BCUT2D eigenvalue weighted by Crippen LogP contribution is 2.23. The van der Waals surface area contributed by atoms with Gasteiger partial charge in [-0.3, -0.25) is 4.79 Å². The summed E-state index contributed by atoms with van der Waals surface area (Å²) in [4.78, 5) is 19.1. The van der Waals surface area contributed by atoms with Crippen molar-refractivity contribution in [1.29, 1.82) is 0 Å². The first kappa shape index (κ1) is 10.4. The lowest BCUT2D eigenvalue weighted by atomic mass is 10.1. The van der Waals surface area contributed by atoms with Gasteiger partial charge in [-0.05, 0) is 6.26 Å². The van der Waals surface area contributed by atoms with Gasteiger partial charge in [0.05, 0.1) is 31.0 Å². The van der Waals surface area contributed by atoms with E-state index in [9.17, 15) is 4.79 Å². The number of carboxylic acid groups (broad SMARTS) is 1. The van der Waals surface area contributed by atoms with Crippen LogP contribution in [0, 0.1) is 0 Å². The number of carboxylic acids is 1. The fourth-order valence-corrected chi connectivity index (χ4v) is 1.88. The first-order valence-corrected chi connectivity index (χ1v) is 5.65. The molecule has 1 aliphatic heterocycles. The molecule has 6 heteroatoms. The predicted octanol–water partition coefficient (Wildman–Crippen LogP) is 0.856. The Morgan fingerprint density at radius 1 is 1.53 bits per heavy atom. The molecule has 80 valence electrons. The number of fused-ring (bicyclic) bond motifs is 1. The third-order valence-corrected chi connectivity index (χ3v) is 2.69. The maximum atomic E-state index is 10.7. The second kappa shape index (κ2) is 4.16. The van der Waals surface area contributed by atoms with Gasteiger partial charge in [0.1, 0.15) is 0 Å². The topological polar surface area (TPSA) is 72.3 Å². The number of hydrogen-bond donors (Lipinski definition) is 1. The zero-order valence-electron chi connectivity index (χ0n) is 8.19. The fraction of sp³-hybridized carbons (Fsp3) is 0.444. The molecule has 2 rings (SSSR count). The van der Waals surface area contributed by atoms with E-state index < -0.39 is 5.97 Å². The van der Waals surface area contributed by atoms with E-state index in [1.807, 2.05) is 6.26 Å². The van der Waals surface area contributed by atoms with Crippen LogP contribution in [0.2, 0.25) is 0 Å². The molecule has 0 amide bonds. The lowest BCUT2D eigenvalue weighted by molar-refractivity contribution is -0.136. The summed E-state index contributed by atoms with van der Waals surface area (Å²) in [5.74, 6) is -0.880. The molecule has 0 radical (unpaired) electrons. The van der Waals surface area contributed by atoms with Crippen molar-refractivity contribution in [3.8, 4) is 0 Å². The first-order valence-electron chi connectivity index (χ1n) is 4.43. The summed E-state index contributed by atoms with van der Waals surface area (Å²) in [6.07, 6.45) is 1.80. The molecular formula is C9H10N2O3S. The van der Waals surface area contributed by atoms with Gasteiger partial charge in [-0.2, -0.15) is 0 Å². The number of thioether (sulfide) groups is 1. The molecule has 5 nitrogen and oxygen atoms in total. The highest BCUT2D eigenvalue weighted by atomic mass is 32.2. The summed E-state index contributed by atoms with van der Waals surface area (Å²) in [6, 6.07) is 0. The van der Waals surface area contributed by atoms with Crippen LogP contribution >= 0.6 is 11.8 Å². The summed E-state index contributed by atoms with van der Waals surface area (Å²) in [5, 5.41) is 9.36. The summed E-state index contributed by atoms with van der Waals surface area (Å²) in [6.45, 7) is 0.880. The van der Waals surface area contributed by atoms with Gasteiger partial charge in [-0.25, -0.2) is 9.97 Å². The predicted molar refractivity (Wildman–Crippen MR) is 53.6 cm³/mol. The van der Waals surface area contributed by atoms with Crippen molar-refractivity contribution in [3.63, 3.8) is 0 Å². The number of aliphatic carboxylic acids is 1. The van der Waals surface area contributed by atoms with Gasteiger partial charge in [0.15, 0.2) is 5.16 Å². The molecule has 1 aliphatic rings. The third-order valence-electron chi connectivity index (χ3n) is 2.14. The Morgan fingerprint density at radius 3 is 3.00 bits per heavy atom. The zero-order chi connectivity index (χ0) is 10.8. The first-order chi connectivity index (χ1) is 7.20. The Balaban J connectivity index is 2.42. The van der Waals surface area contributed by atoms with Crippen LogP contribution in [0.3, 0.4) is 0 Å². The van der Waals surface area contributed by atoms with Crippen LogP contribution in [0.15, 0.2) is 5.16 Å². The Kier molecular flexibility index (Phi) is 2.88. The van der Waals surface area contributed by atoms with Crippen molar-refractivity contribution in [3.05, 3.63) is 17.0 Å². The average Bonchev–Trinajstić information content (AvgIpc) is 2.64. The molecule has 0 fully saturated rings. The highest BCUT2D eigenvalue weighted by molar-refractivity contribution is 7.98. The van der Waals surface area contributed by atoms with E-state index in [0.717, 1.165) is 11.3 Å². The molecule has 1 aromatic heterocycles. The van der Waals surface area contributed by atoms with E-state index in [0.29, 0.717) is 24.1 Å². The molecule has 15 heavy (non-hydrogen) atoms. The molecule has 0 bridgehead atoms. The number of rotatable bonds is 3.